The van der Waals surface area contributed by atoms with Crippen molar-refractivity contribution in [3.05, 3.63) is 41.9 Å². The number of aromatic nitrogens is 3. The highest BCUT2D eigenvalue weighted by Crippen LogP contribution is 2.30. The molecule has 0 radical (unpaired) electrons. The van der Waals surface area contributed by atoms with Gasteiger partial charge in [0.15, 0.2) is 0 Å². The summed E-state index contributed by atoms with van der Waals surface area (Å²) in [7, 11) is 0. The Labute approximate surface area is 161 Å². The highest BCUT2D eigenvalue weighted by atomic mass is 16.5. The molecule has 0 spiro atoms. The van der Waals surface area contributed by atoms with Crippen LogP contribution in [0.2, 0.25) is 0 Å². The molecule has 28 heavy (non-hydrogen) atoms. The molecule has 0 aliphatic carbocycles. The van der Waals surface area contributed by atoms with Gasteiger partial charge in [-0.15, -0.1) is 0 Å². The lowest BCUT2D eigenvalue weighted by molar-refractivity contribution is -0.152. The summed E-state index contributed by atoms with van der Waals surface area (Å²) < 4.78 is 6.90. The van der Waals surface area contributed by atoms with Gasteiger partial charge in [-0.1, -0.05) is 32.0 Å². The normalized spacial score (nSPS) is 18.2. The predicted octanol–water partition coefficient (Wildman–Crippen LogP) is 2.92. The molecule has 1 atom stereocenters. The number of phenols is 1. The maximum atomic E-state index is 13.0. The number of hydrogen-bond donors (Lipinski definition) is 1. The monoisotopic (exact) mass is 382 g/mol. The Balaban J connectivity index is 1.60. The minimum absolute atomic E-state index is 0.0692. The number of hydrogen-bond acceptors (Lipinski definition) is 6. The van der Waals surface area contributed by atoms with Crippen LogP contribution in [0.4, 0.5) is 0 Å². The number of rotatable bonds is 3. The molecule has 4 rings (SSSR count). The SMILES string of the molecule is CC(C)(C)c1cc(CN2C(=O)CCC(n3cc4c(O)cccc4n3)C2=O)no1. The third-order valence-corrected chi connectivity index (χ3v) is 4.97. The molecule has 8 nitrogen and oxygen atoms in total. The number of likely N-dealkylation sites (tertiary alicyclic amines) is 1. The van der Waals surface area contributed by atoms with Crippen molar-refractivity contribution >= 4 is 22.7 Å². The van der Waals surface area contributed by atoms with E-state index in [1.807, 2.05) is 20.8 Å². The molecule has 2 amide bonds. The van der Waals surface area contributed by atoms with Crippen molar-refractivity contribution in [2.24, 2.45) is 0 Å². The summed E-state index contributed by atoms with van der Waals surface area (Å²) in [6, 6.07) is 6.23. The van der Waals surface area contributed by atoms with Crippen LogP contribution >= 0.6 is 0 Å². The largest absolute Gasteiger partial charge is 0.507 e. The Bertz CT molecular complexity index is 1060. The van der Waals surface area contributed by atoms with Gasteiger partial charge in [0.05, 0.1) is 17.4 Å². The maximum Gasteiger partial charge on any atom is 0.254 e. The van der Waals surface area contributed by atoms with E-state index >= 15 is 0 Å². The molecule has 1 fully saturated rings. The molecule has 1 unspecified atom stereocenters. The summed E-state index contributed by atoms with van der Waals surface area (Å²) in [4.78, 5) is 26.6. The Kier molecular flexibility index (Phi) is 4.21. The number of phenolic OH excluding ortho intramolecular Hbond substituents is 1. The fraction of sp³-hybridized carbons (Fsp3) is 0.400. The molecule has 0 saturated carbocycles. The topological polar surface area (TPSA) is 101 Å². The average molecular weight is 382 g/mol. The van der Waals surface area contributed by atoms with E-state index in [1.165, 1.54) is 9.58 Å². The Hall–Kier alpha value is -3.16. The summed E-state index contributed by atoms with van der Waals surface area (Å²) in [6.07, 6.45) is 2.26. The van der Waals surface area contributed by atoms with Gasteiger partial charge in [-0.3, -0.25) is 19.2 Å². The predicted molar refractivity (Wildman–Crippen MR) is 100 cm³/mol. The third-order valence-electron chi connectivity index (χ3n) is 4.97. The quantitative estimate of drug-likeness (QED) is 0.699. The first-order chi connectivity index (χ1) is 13.2. The van der Waals surface area contributed by atoms with Crippen molar-refractivity contribution in [1.82, 2.24) is 19.8 Å². The second kappa shape index (κ2) is 6.47. The first kappa shape index (κ1) is 18.2. The van der Waals surface area contributed by atoms with Gasteiger partial charge in [0.2, 0.25) is 5.91 Å². The van der Waals surface area contributed by atoms with Gasteiger partial charge in [0, 0.05) is 24.1 Å². The van der Waals surface area contributed by atoms with Crippen LogP contribution in [0.5, 0.6) is 5.75 Å². The van der Waals surface area contributed by atoms with Crippen LogP contribution in [0.1, 0.15) is 51.1 Å². The maximum absolute atomic E-state index is 13.0. The second-order valence-corrected chi connectivity index (χ2v) is 8.12. The molecule has 3 heterocycles. The smallest absolute Gasteiger partial charge is 0.254 e. The fourth-order valence-corrected chi connectivity index (χ4v) is 3.34. The van der Waals surface area contributed by atoms with E-state index in [9.17, 15) is 14.7 Å². The van der Waals surface area contributed by atoms with Crippen molar-refractivity contribution in [3.8, 4) is 5.75 Å². The molecule has 1 aromatic carbocycles. The molecule has 3 aromatic rings. The number of aromatic hydroxyl groups is 1. The minimum atomic E-state index is -0.599. The number of nitrogens with zero attached hydrogens (tertiary/aromatic N) is 4. The number of fused-ring (bicyclic) bond motifs is 1. The molecule has 0 bridgehead atoms. The van der Waals surface area contributed by atoms with Gasteiger partial charge >= 0.3 is 0 Å². The van der Waals surface area contributed by atoms with Gasteiger partial charge < -0.3 is 9.63 Å². The van der Waals surface area contributed by atoms with Gasteiger partial charge in [0.25, 0.3) is 5.91 Å². The number of benzene rings is 1. The van der Waals surface area contributed by atoms with Crippen LogP contribution in [-0.2, 0) is 21.5 Å². The van der Waals surface area contributed by atoms with Crippen molar-refractivity contribution < 1.29 is 19.2 Å². The van der Waals surface area contributed by atoms with Crippen molar-refractivity contribution in [1.29, 1.82) is 0 Å². The Morgan fingerprint density at radius 2 is 2.07 bits per heavy atom. The second-order valence-electron chi connectivity index (χ2n) is 8.12. The number of piperidine rings is 1. The lowest BCUT2D eigenvalue weighted by atomic mass is 9.93. The first-order valence-electron chi connectivity index (χ1n) is 9.21. The van der Waals surface area contributed by atoms with Crippen LogP contribution in [0, 0.1) is 0 Å². The van der Waals surface area contributed by atoms with E-state index < -0.39 is 6.04 Å². The Morgan fingerprint density at radius 3 is 2.75 bits per heavy atom. The van der Waals surface area contributed by atoms with Gasteiger partial charge in [-0.2, -0.15) is 5.10 Å². The summed E-state index contributed by atoms with van der Waals surface area (Å²) >= 11 is 0. The fourth-order valence-electron chi connectivity index (χ4n) is 3.34. The zero-order valence-electron chi connectivity index (χ0n) is 16.0. The molecule has 1 aliphatic heterocycles. The summed E-state index contributed by atoms with van der Waals surface area (Å²) in [5.74, 6) is 0.243. The van der Waals surface area contributed by atoms with Gasteiger partial charge in [-0.25, -0.2) is 0 Å². The lowest BCUT2D eigenvalue weighted by Crippen LogP contribution is -2.45. The summed E-state index contributed by atoms with van der Waals surface area (Å²) in [5, 5.41) is 19.0. The zero-order chi connectivity index (χ0) is 20.1. The van der Waals surface area contributed by atoms with Gasteiger partial charge in [-0.05, 0) is 18.6 Å². The van der Waals surface area contributed by atoms with Crippen LogP contribution in [0.15, 0.2) is 35.0 Å². The molecular weight excluding hydrogens is 360 g/mol. The number of amides is 2. The van der Waals surface area contributed by atoms with E-state index in [0.717, 1.165) is 0 Å². The number of carbonyl (C=O) groups is 2. The Morgan fingerprint density at radius 1 is 1.29 bits per heavy atom. The van der Waals surface area contributed by atoms with E-state index in [2.05, 4.69) is 10.3 Å². The van der Waals surface area contributed by atoms with E-state index in [4.69, 9.17) is 4.52 Å². The van der Waals surface area contributed by atoms with Crippen molar-refractivity contribution in [3.63, 3.8) is 0 Å². The van der Waals surface area contributed by atoms with Gasteiger partial charge in [0.1, 0.15) is 23.2 Å². The van der Waals surface area contributed by atoms with Crippen LogP contribution in [0.3, 0.4) is 0 Å². The molecule has 1 N–H and O–H groups in total. The minimum Gasteiger partial charge on any atom is -0.507 e. The first-order valence-corrected chi connectivity index (χ1v) is 9.21. The van der Waals surface area contributed by atoms with Crippen LogP contribution in [0.25, 0.3) is 10.9 Å². The summed E-state index contributed by atoms with van der Waals surface area (Å²) in [6.45, 7) is 6.08. The molecular formula is C20H22N4O4. The average Bonchev–Trinajstić information content (AvgIpc) is 3.26. The zero-order valence-corrected chi connectivity index (χ0v) is 16.0. The van der Waals surface area contributed by atoms with E-state index in [-0.39, 0.29) is 35.9 Å². The molecule has 2 aromatic heterocycles. The molecule has 1 aliphatic rings. The summed E-state index contributed by atoms with van der Waals surface area (Å²) in [5.41, 5.74) is 0.930. The van der Waals surface area contributed by atoms with E-state index in [0.29, 0.717) is 28.8 Å². The van der Waals surface area contributed by atoms with Crippen LogP contribution in [-0.4, -0.2) is 36.8 Å². The molecule has 146 valence electrons. The molecule has 8 heteroatoms. The number of carbonyl (C=O) groups excluding carboxylic acids is 2. The lowest BCUT2D eigenvalue weighted by Gasteiger charge is -2.30. The highest BCUT2D eigenvalue weighted by Gasteiger charge is 2.36. The van der Waals surface area contributed by atoms with Crippen molar-refractivity contribution in [2.75, 3.05) is 0 Å². The standard InChI is InChI=1S/C20H22N4O4/c1-20(2,3)17-9-12(22-28-17)10-23-18(26)8-7-15(19(23)27)24-11-13-14(21-24)5-4-6-16(13)25/h4-6,9,11,15,25H,7-8,10H2,1-3H3. The van der Waals surface area contributed by atoms with E-state index in [1.54, 1.807) is 30.5 Å². The van der Waals surface area contributed by atoms with Crippen LogP contribution < -0.4 is 0 Å². The third kappa shape index (κ3) is 3.15. The van der Waals surface area contributed by atoms with Crippen molar-refractivity contribution in [2.45, 2.75) is 51.6 Å². The molecule has 1 saturated heterocycles. The highest BCUT2D eigenvalue weighted by molar-refractivity contribution is 5.99. The number of imide groups is 1.